The number of nitrogens with zero attached hydrogens (tertiary/aromatic N) is 2. The summed E-state index contributed by atoms with van der Waals surface area (Å²) in [6.45, 7) is 9.87. The van der Waals surface area contributed by atoms with Crippen LogP contribution >= 0.6 is 0 Å². The molecule has 5 nitrogen and oxygen atoms in total. The maximum atomic E-state index is 11.5. The van der Waals surface area contributed by atoms with E-state index in [0.29, 0.717) is 11.1 Å². The van der Waals surface area contributed by atoms with Gasteiger partial charge in [0, 0.05) is 13.1 Å². The van der Waals surface area contributed by atoms with E-state index in [2.05, 4.69) is 36.1 Å². The number of nitrogens with two attached hydrogens (primary N) is 1. The summed E-state index contributed by atoms with van der Waals surface area (Å²) >= 11 is 0. The number of likely N-dealkylation sites (tertiary alicyclic amines) is 1. The van der Waals surface area contributed by atoms with E-state index >= 15 is 0 Å². The molecular formula is C15H24N4O. The first kappa shape index (κ1) is 14.9. The molecule has 0 bridgehead atoms. The molecule has 5 heteroatoms. The first-order chi connectivity index (χ1) is 9.40. The van der Waals surface area contributed by atoms with E-state index in [1.807, 2.05) is 12.1 Å². The fourth-order valence-electron chi connectivity index (χ4n) is 2.68. The van der Waals surface area contributed by atoms with Gasteiger partial charge in [0.25, 0.3) is 5.91 Å². The molecule has 110 valence electrons. The van der Waals surface area contributed by atoms with Gasteiger partial charge in [-0.2, -0.15) is 0 Å². The first-order valence-corrected chi connectivity index (χ1v) is 7.09. The van der Waals surface area contributed by atoms with Gasteiger partial charge in [0.1, 0.15) is 5.69 Å². The number of hydrazine groups is 1. The number of nitrogens with one attached hydrogen (secondary N) is 1. The lowest BCUT2D eigenvalue weighted by Crippen LogP contribution is -2.31. The van der Waals surface area contributed by atoms with Crippen molar-refractivity contribution in [2.75, 3.05) is 13.1 Å². The van der Waals surface area contributed by atoms with E-state index in [9.17, 15) is 4.79 Å². The van der Waals surface area contributed by atoms with Crippen LogP contribution in [0.15, 0.2) is 18.2 Å². The summed E-state index contributed by atoms with van der Waals surface area (Å²) in [4.78, 5) is 18.2. The van der Waals surface area contributed by atoms with Crippen molar-refractivity contribution in [3.8, 4) is 0 Å². The SMILES string of the molecule is CC(C)(C)C1CCN(Cc2cccc(C(=O)NN)n2)C1. The summed E-state index contributed by atoms with van der Waals surface area (Å²) in [5, 5.41) is 0. The minimum absolute atomic E-state index is 0.346. The lowest BCUT2D eigenvalue weighted by atomic mass is 9.80. The molecule has 2 heterocycles. The number of amides is 1. The molecule has 2 rings (SSSR count). The Morgan fingerprint density at radius 3 is 2.85 bits per heavy atom. The van der Waals surface area contributed by atoms with Gasteiger partial charge in [0.05, 0.1) is 5.69 Å². The van der Waals surface area contributed by atoms with E-state index in [4.69, 9.17) is 5.84 Å². The molecule has 0 spiro atoms. The summed E-state index contributed by atoms with van der Waals surface area (Å²) in [5.41, 5.74) is 3.75. The van der Waals surface area contributed by atoms with Gasteiger partial charge in [-0.25, -0.2) is 10.8 Å². The van der Waals surface area contributed by atoms with Crippen LogP contribution in [-0.4, -0.2) is 28.9 Å². The van der Waals surface area contributed by atoms with Gasteiger partial charge in [-0.3, -0.25) is 15.1 Å². The second-order valence-corrected chi connectivity index (χ2v) is 6.57. The molecule has 3 N–H and O–H groups in total. The van der Waals surface area contributed by atoms with Gasteiger partial charge in [-0.1, -0.05) is 26.8 Å². The third-order valence-corrected chi connectivity index (χ3v) is 4.05. The van der Waals surface area contributed by atoms with Gasteiger partial charge >= 0.3 is 0 Å². The van der Waals surface area contributed by atoms with E-state index in [1.54, 1.807) is 6.07 Å². The molecule has 1 aliphatic rings. The smallest absolute Gasteiger partial charge is 0.283 e. The number of nitrogen functional groups attached to an aromatic ring is 1. The summed E-state index contributed by atoms with van der Waals surface area (Å²) < 4.78 is 0. The van der Waals surface area contributed by atoms with Crippen LogP contribution < -0.4 is 11.3 Å². The van der Waals surface area contributed by atoms with Crippen LogP contribution in [-0.2, 0) is 6.54 Å². The Morgan fingerprint density at radius 2 is 2.25 bits per heavy atom. The Hall–Kier alpha value is -1.46. The molecule has 1 atom stereocenters. The van der Waals surface area contributed by atoms with Gasteiger partial charge in [0.15, 0.2) is 0 Å². The Bertz CT molecular complexity index is 481. The average molecular weight is 276 g/mol. The van der Waals surface area contributed by atoms with Crippen LogP contribution in [0.2, 0.25) is 0 Å². The Morgan fingerprint density at radius 1 is 1.50 bits per heavy atom. The molecule has 1 aromatic heterocycles. The first-order valence-electron chi connectivity index (χ1n) is 7.09. The molecule has 20 heavy (non-hydrogen) atoms. The van der Waals surface area contributed by atoms with Crippen molar-refractivity contribution in [2.24, 2.45) is 17.2 Å². The average Bonchev–Trinajstić information content (AvgIpc) is 2.86. The highest BCUT2D eigenvalue weighted by Crippen LogP contribution is 2.33. The lowest BCUT2D eigenvalue weighted by Gasteiger charge is -2.27. The fourth-order valence-corrected chi connectivity index (χ4v) is 2.68. The van der Waals surface area contributed by atoms with E-state index < -0.39 is 0 Å². The Labute approximate surface area is 120 Å². The second-order valence-electron chi connectivity index (χ2n) is 6.57. The van der Waals surface area contributed by atoms with Crippen molar-refractivity contribution in [3.63, 3.8) is 0 Å². The standard InChI is InChI=1S/C15H24N4O/c1-15(2,3)11-7-8-19(9-11)10-12-5-4-6-13(17-12)14(20)18-16/h4-6,11H,7-10,16H2,1-3H3,(H,18,20). The fraction of sp³-hybridized carbons (Fsp3) is 0.600. The van der Waals surface area contributed by atoms with E-state index in [-0.39, 0.29) is 5.91 Å². The number of hydrogen-bond donors (Lipinski definition) is 2. The van der Waals surface area contributed by atoms with Gasteiger partial charge < -0.3 is 0 Å². The number of hydrogen-bond acceptors (Lipinski definition) is 4. The monoisotopic (exact) mass is 276 g/mol. The largest absolute Gasteiger partial charge is 0.297 e. The minimum atomic E-state index is -0.346. The van der Waals surface area contributed by atoms with Crippen LogP contribution in [0.4, 0.5) is 0 Å². The highest BCUT2D eigenvalue weighted by molar-refractivity contribution is 5.91. The van der Waals surface area contributed by atoms with E-state index in [1.165, 1.54) is 6.42 Å². The maximum Gasteiger partial charge on any atom is 0.283 e. The van der Waals surface area contributed by atoms with Gasteiger partial charge in [0.2, 0.25) is 0 Å². The maximum absolute atomic E-state index is 11.5. The highest BCUT2D eigenvalue weighted by atomic mass is 16.2. The van der Waals surface area contributed by atoms with Crippen molar-refractivity contribution in [1.82, 2.24) is 15.3 Å². The minimum Gasteiger partial charge on any atom is -0.297 e. The van der Waals surface area contributed by atoms with E-state index in [0.717, 1.165) is 31.2 Å². The van der Waals surface area contributed by atoms with Crippen LogP contribution in [0.25, 0.3) is 0 Å². The summed E-state index contributed by atoms with van der Waals surface area (Å²) in [7, 11) is 0. The molecule has 1 saturated heterocycles. The van der Waals surface area contributed by atoms with Crippen LogP contribution in [0.5, 0.6) is 0 Å². The van der Waals surface area contributed by atoms with Crippen LogP contribution in [0.1, 0.15) is 43.4 Å². The number of pyridine rings is 1. The lowest BCUT2D eigenvalue weighted by molar-refractivity contribution is 0.0948. The number of rotatable bonds is 3. The molecule has 0 radical (unpaired) electrons. The van der Waals surface area contributed by atoms with Crippen LogP contribution in [0.3, 0.4) is 0 Å². The summed E-state index contributed by atoms with van der Waals surface area (Å²) in [5.74, 6) is 5.51. The summed E-state index contributed by atoms with van der Waals surface area (Å²) in [6.07, 6.45) is 1.23. The normalized spacial score (nSPS) is 20.1. The predicted octanol–water partition coefficient (Wildman–Crippen LogP) is 1.55. The van der Waals surface area contributed by atoms with Crippen molar-refractivity contribution < 1.29 is 4.79 Å². The molecule has 0 aliphatic carbocycles. The van der Waals surface area contributed by atoms with Gasteiger partial charge in [-0.05, 0) is 36.4 Å². The quantitative estimate of drug-likeness (QED) is 0.499. The zero-order valence-corrected chi connectivity index (χ0v) is 12.5. The second kappa shape index (κ2) is 5.89. The number of aromatic nitrogens is 1. The van der Waals surface area contributed by atoms with Crippen molar-refractivity contribution >= 4 is 5.91 Å². The zero-order valence-electron chi connectivity index (χ0n) is 12.5. The summed E-state index contributed by atoms with van der Waals surface area (Å²) in [6, 6.07) is 5.48. The van der Waals surface area contributed by atoms with Gasteiger partial charge in [-0.15, -0.1) is 0 Å². The third kappa shape index (κ3) is 3.55. The number of carbonyl (C=O) groups is 1. The topological polar surface area (TPSA) is 71.2 Å². The molecule has 1 aliphatic heterocycles. The predicted molar refractivity (Wildman–Crippen MR) is 78.7 cm³/mol. The van der Waals surface area contributed by atoms with Crippen molar-refractivity contribution in [3.05, 3.63) is 29.6 Å². The molecule has 1 amide bonds. The Balaban J connectivity index is 2.00. The molecular weight excluding hydrogens is 252 g/mol. The molecule has 0 aromatic carbocycles. The third-order valence-electron chi connectivity index (χ3n) is 4.05. The van der Waals surface area contributed by atoms with Crippen molar-refractivity contribution in [2.45, 2.75) is 33.7 Å². The van der Waals surface area contributed by atoms with Crippen LogP contribution in [0, 0.1) is 11.3 Å². The zero-order chi connectivity index (χ0) is 14.8. The van der Waals surface area contributed by atoms with Crippen molar-refractivity contribution in [1.29, 1.82) is 0 Å². The molecule has 0 saturated carbocycles. The molecule has 1 fully saturated rings. The highest BCUT2D eigenvalue weighted by Gasteiger charge is 2.31. The molecule has 1 aromatic rings. The molecule has 1 unspecified atom stereocenters. The number of carbonyl (C=O) groups excluding carboxylic acids is 1. The Kier molecular flexibility index (Phi) is 4.40.